The van der Waals surface area contributed by atoms with E-state index in [-0.39, 0.29) is 17.7 Å². The number of H-pyrrole nitrogens is 1. The van der Waals surface area contributed by atoms with Crippen molar-refractivity contribution in [3.63, 3.8) is 0 Å². The molecule has 1 unspecified atom stereocenters. The zero-order chi connectivity index (χ0) is 18.1. The summed E-state index contributed by atoms with van der Waals surface area (Å²) < 4.78 is 0. The number of nitrogens with zero attached hydrogens (tertiary/aromatic N) is 2. The maximum Gasteiger partial charge on any atom is 0.225 e. The van der Waals surface area contributed by atoms with Crippen LogP contribution in [0.3, 0.4) is 0 Å². The predicted octanol–water partition coefficient (Wildman–Crippen LogP) is 3.07. The van der Waals surface area contributed by atoms with Crippen LogP contribution in [0.15, 0.2) is 30.5 Å². The maximum absolute atomic E-state index is 13.0. The highest BCUT2D eigenvalue weighted by Crippen LogP contribution is 2.25. The van der Waals surface area contributed by atoms with Crippen LogP contribution in [0.25, 0.3) is 10.9 Å². The second-order valence-corrected chi connectivity index (χ2v) is 7.63. The average molecular weight is 353 g/mol. The minimum atomic E-state index is -0.156. The average Bonchev–Trinajstić information content (AvgIpc) is 3.36. The summed E-state index contributed by atoms with van der Waals surface area (Å²) in [5.74, 6) is 0.629. The van der Waals surface area contributed by atoms with Gasteiger partial charge < -0.3 is 9.88 Å². The van der Waals surface area contributed by atoms with Gasteiger partial charge in [-0.3, -0.25) is 14.5 Å². The molecule has 0 radical (unpaired) electrons. The second-order valence-electron chi connectivity index (χ2n) is 7.63. The highest BCUT2D eigenvalue weighted by molar-refractivity contribution is 6.10. The highest BCUT2D eigenvalue weighted by Gasteiger charge is 2.33. The number of ketones is 1. The molecule has 0 saturated carbocycles. The summed E-state index contributed by atoms with van der Waals surface area (Å²) in [7, 11) is 0. The minimum absolute atomic E-state index is 0.139. The number of piperidine rings is 1. The first-order valence-electron chi connectivity index (χ1n) is 9.78. The van der Waals surface area contributed by atoms with Crippen molar-refractivity contribution in [1.82, 2.24) is 14.8 Å². The molecular weight excluding hydrogens is 326 g/mol. The van der Waals surface area contributed by atoms with Crippen molar-refractivity contribution in [3.8, 4) is 0 Å². The van der Waals surface area contributed by atoms with Crippen molar-refractivity contribution >= 4 is 22.6 Å². The van der Waals surface area contributed by atoms with Gasteiger partial charge in [0, 0.05) is 41.7 Å². The van der Waals surface area contributed by atoms with Crippen molar-refractivity contribution in [2.24, 2.45) is 5.92 Å². The molecule has 2 saturated heterocycles. The van der Waals surface area contributed by atoms with Crippen LogP contribution in [-0.2, 0) is 4.79 Å². The Morgan fingerprint density at radius 2 is 1.77 bits per heavy atom. The number of Topliss-reactive ketones (excluding diaryl/α,β-unsaturated/α-hetero) is 1. The van der Waals surface area contributed by atoms with E-state index in [0.29, 0.717) is 5.91 Å². The summed E-state index contributed by atoms with van der Waals surface area (Å²) in [5, 5.41) is 0.989. The lowest BCUT2D eigenvalue weighted by Crippen LogP contribution is -2.47. The summed E-state index contributed by atoms with van der Waals surface area (Å²) in [6.07, 6.45) is 5.83. The number of carbonyl (C=O) groups is 2. The van der Waals surface area contributed by atoms with Gasteiger partial charge in [0.2, 0.25) is 5.91 Å². The number of likely N-dealkylation sites (tertiary alicyclic amines) is 2. The highest BCUT2D eigenvalue weighted by atomic mass is 16.2. The molecule has 138 valence electrons. The number of fused-ring (bicyclic) bond motifs is 1. The smallest absolute Gasteiger partial charge is 0.225 e. The number of aromatic nitrogens is 1. The van der Waals surface area contributed by atoms with E-state index in [4.69, 9.17) is 0 Å². The topological polar surface area (TPSA) is 56.4 Å². The lowest BCUT2D eigenvalue weighted by molar-refractivity contribution is -0.136. The zero-order valence-electron chi connectivity index (χ0n) is 15.4. The molecule has 2 aliphatic heterocycles. The number of aromatic amines is 1. The first-order chi connectivity index (χ1) is 12.6. The Labute approximate surface area is 154 Å². The number of benzene rings is 1. The standard InChI is InChI=1S/C21H27N3O2/c1-15(20(25)18-14-22-19-7-3-2-6-17(18)19)23-12-8-16(9-13-23)21(26)24-10-4-5-11-24/h2-3,6-7,14-16,22H,4-5,8-13H2,1H3. The molecule has 1 aromatic heterocycles. The van der Waals surface area contributed by atoms with Crippen molar-refractivity contribution in [1.29, 1.82) is 0 Å². The number of amides is 1. The van der Waals surface area contributed by atoms with E-state index in [2.05, 4.69) is 9.88 Å². The van der Waals surface area contributed by atoms with Gasteiger partial charge in [0.25, 0.3) is 0 Å². The van der Waals surface area contributed by atoms with Crippen LogP contribution < -0.4 is 0 Å². The largest absolute Gasteiger partial charge is 0.360 e. The van der Waals surface area contributed by atoms with Crippen LogP contribution in [0.4, 0.5) is 0 Å². The van der Waals surface area contributed by atoms with Crippen molar-refractivity contribution in [3.05, 3.63) is 36.0 Å². The molecule has 3 heterocycles. The van der Waals surface area contributed by atoms with E-state index in [9.17, 15) is 9.59 Å². The number of hydrogen-bond acceptors (Lipinski definition) is 3. The Morgan fingerprint density at radius 1 is 1.08 bits per heavy atom. The van der Waals surface area contributed by atoms with E-state index in [1.807, 2.05) is 42.3 Å². The Morgan fingerprint density at radius 3 is 2.50 bits per heavy atom. The Bertz CT molecular complexity index is 798. The van der Waals surface area contributed by atoms with Gasteiger partial charge in [-0.1, -0.05) is 18.2 Å². The molecular formula is C21H27N3O2. The molecule has 2 aliphatic rings. The van der Waals surface area contributed by atoms with Gasteiger partial charge in [-0.15, -0.1) is 0 Å². The lowest BCUT2D eigenvalue weighted by atomic mass is 9.93. The molecule has 0 spiro atoms. The molecule has 4 rings (SSSR count). The fourth-order valence-corrected chi connectivity index (χ4v) is 4.40. The molecule has 1 atom stereocenters. The minimum Gasteiger partial charge on any atom is -0.360 e. The molecule has 2 fully saturated rings. The first-order valence-corrected chi connectivity index (χ1v) is 9.78. The van der Waals surface area contributed by atoms with Gasteiger partial charge in [0.05, 0.1) is 6.04 Å². The van der Waals surface area contributed by atoms with Gasteiger partial charge in [0.1, 0.15) is 0 Å². The Hall–Kier alpha value is -2.14. The van der Waals surface area contributed by atoms with Crippen molar-refractivity contribution in [2.45, 2.75) is 38.6 Å². The summed E-state index contributed by atoms with van der Waals surface area (Å²) in [4.78, 5) is 33.0. The van der Waals surface area contributed by atoms with Gasteiger partial charge >= 0.3 is 0 Å². The van der Waals surface area contributed by atoms with Gasteiger partial charge in [-0.2, -0.15) is 0 Å². The molecule has 1 aromatic carbocycles. The van der Waals surface area contributed by atoms with Gasteiger partial charge in [-0.05, 0) is 51.8 Å². The van der Waals surface area contributed by atoms with Crippen LogP contribution >= 0.6 is 0 Å². The lowest BCUT2D eigenvalue weighted by Gasteiger charge is -2.36. The number of para-hydroxylation sites is 1. The maximum atomic E-state index is 13.0. The zero-order valence-corrected chi connectivity index (χ0v) is 15.4. The van der Waals surface area contributed by atoms with E-state index < -0.39 is 0 Å². The summed E-state index contributed by atoms with van der Waals surface area (Å²) >= 11 is 0. The van der Waals surface area contributed by atoms with Gasteiger partial charge in [0.15, 0.2) is 5.78 Å². The fourth-order valence-electron chi connectivity index (χ4n) is 4.40. The second kappa shape index (κ2) is 7.23. The molecule has 5 heteroatoms. The molecule has 0 bridgehead atoms. The normalized spacial score (nSPS) is 20.6. The Kier molecular flexibility index (Phi) is 4.81. The SMILES string of the molecule is CC(C(=O)c1c[nH]c2ccccc12)N1CCC(C(=O)N2CCCC2)CC1. The third kappa shape index (κ3) is 3.16. The number of hydrogen-bond donors (Lipinski definition) is 1. The van der Waals surface area contributed by atoms with Crippen LogP contribution in [0, 0.1) is 5.92 Å². The summed E-state index contributed by atoms with van der Waals surface area (Å²) in [6, 6.07) is 7.77. The van der Waals surface area contributed by atoms with Crippen LogP contribution in [0.1, 0.15) is 43.0 Å². The molecule has 5 nitrogen and oxygen atoms in total. The molecule has 1 amide bonds. The summed E-state index contributed by atoms with van der Waals surface area (Å²) in [6.45, 7) is 5.48. The predicted molar refractivity (Wildman–Crippen MR) is 102 cm³/mol. The fraction of sp³-hybridized carbons (Fsp3) is 0.524. The van der Waals surface area contributed by atoms with Crippen LogP contribution in [-0.4, -0.2) is 58.7 Å². The third-order valence-corrected chi connectivity index (χ3v) is 6.08. The quantitative estimate of drug-likeness (QED) is 0.860. The molecule has 2 aromatic rings. The third-order valence-electron chi connectivity index (χ3n) is 6.08. The first kappa shape index (κ1) is 17.3. The summed E-state index contributed by atoms with van der Waals surface area (Å²) in [5.41, 5.74) is 1.77. The monoisotopic (exact) mass is 353 g/mol. The van der Waals surface area contributed by atoms with E-state index in [0.717, 1.165) is 68.3 Å². The van der Waals surface area contributed by atoms with Gasteiger partial charge in [-0.25, -0.2) is 0 Å². The van der Waals surface area contributed by atoms with E-state index in [1.165, 1.54) is 0 Å². The number of carbonyl (C=O) groups excluding carboxylic acids is 2. The molecule has 1 N–H and O–H groups in total. The molecule has 26 heavy (non-hydrogen) atoms. The van der Waals surface area contributed by atoms with Crippen molar-refractivity contribution in [2.75, 3.05) is 26.2 Å². The molecule has 0 aliphatic carbocycles. The van der Waals surface area contributed by atoms with E-state index >= 15 is 0 Å². The van der Waals surface area contributed by atoms with Crippen molar-refractivity contribution < 1.29 is 9.59 Å². The number of rotatable bonds is 4. The van der Waals surface area contributed by atoms with Crippen LogP contribution in [0.2, 0.25) is 0 Å². The Balaban J connectivity index is 1.39. The van der Waals surface area contributed by atoms with E-state index in [1.54, 1.807) is 0 Å². The number of nitrogens with one attached hydrogen (secondary N) is 1. The van der Waals surface area contributed by atoms with Crippen LogP contribution in [0.5, 0.6) is 0 Å².